The number of nitrogens with one attached hydrogen (secondary N) is 1. The average molecular weight is 314 g/mol. The van der Waals surface area contributed by atoms with Crippen molar-refractivity contribution < 1.29 is 4.74 Å². The van der Waals surface area contributed by atoms with E-state index in [2.05, 4.69) is 61.1 Å². The first kappa shape index (κ1) is 15.5. The van der Waals surface area contributed by atoms with Gasteiger partial charge in [-0.15, -0.1) is 0 Å². The van der Waals surface area contributed by atoms with Crippen LogP contribution in [-0.4, -0.2) is 13.7 Å². The lowest BCUT2D eigenvalue weighted by Gasteiger charge is -2.21. The predicted octanol–water partition coefficient (Wildman–Crippen LogP) is 4.54. The lowest BCUT2D eigenvalue weighted by Crippen LogP contribution is -2.23. The molecule has 0 aliphatic carbocycles. The van der Waals surface area contributed by atoms with E-state index in [0.29, 0.717) is 11.5 Å². The van der Waals surface area contributed by atoms with E-state index in [1.807, 2.05) is 6.07 Å². The molecule has 1 rings (SSSR count). The van der Waals surface area contributed by atoms with Gasteiger partial charge in [-0.3, -0.25) is 0 Å². The summed E-state index contributed by atoms with van der Waals surface area (Å²) >= 11 is 3.52. The van der Waals surface area contributed by atoms with E-state index in [1.165, 1.54) is 12.0 Å². The third kappa shape index (κ3) is 4.99. The minimum Gasteiger partial charge on any atom is -0.496 e. The molecule has 0 saturated heterocycles. The van der Waals surface area contributed by atoms with Crippen molar-refractivity contribution in [2.75, 3.05) is 13.7 Å². The standard InChI is InChI=1S/C15H24BrNO/c1-11(17-9-8-15(2,3)4)12-6-7-14(18-5)13(16)10-12/h6-7,10-11,17H,8-9H2,1-5H3. The molecule has 1 atom stereocenters. The number of methoxy groups -OCH3 is 1. The summed E-state index contributed by atoms with van der Waals surface area (Å²) in [6.45, 7) is 10.0. The molecule has 1 aromatic rings. The van der Waals surface area contributed by atoms with Crippen molar-refractivity contribution in [2.24, 2.45) is 5.41 Å². The van der Waals surface area contributed by atoms with Gasteiger partial charge in [0.25, 0.3) is 0 Å². The lowest BCUT2D eigenvalue weighted by molar-refractivity contribution is 0.358. The van der Waals surface area contributed by atoms with Gasteiger partial charge < -0.3 is 10.1 Å². The largest absolute Gasteiger partial charge is 0.496 e. The average Bonchev–Trinajstić information content (AvgIpc) is 2.27. The monoisotopic (exact) mass is 313 g/mol. The van der Waals surface area contributed by atoms with Crippen molar-refractivity contribution >= 4 is 15.9 Å². The third-order valence-corrected chi connectivity index (χ3v) is 3.62. The fraction of sp³-hybridized carbons (Fsp3) is 0.600. The van der Waals surface area contributed by atoms with E-state index < -0.39 is 0 Å². The number of hydrogen-bond acceptors (Lipinski definition) is 2. The molecular weight excluding hydrogens is 290 g/mol. The van der Waals surface area contributed by atoms with Crippen LogP contribution >= 0.6 is 15.9 Å². The second-order valence-electron chi connectivity index (χ2n) is 5.88. The molecule has 0 aliphatic heterocycles. The van der Waals surface area contributed by atoms with Crippen molar-refractivity contribution in [3.8, 4) is 5.75 Å². The Hall–Kier alpha value is -0.540. The summed E-state index contributed by atoms with van der Waals surface area (Å²) in [6.07, 6.45) is 1.18. The molecule has 0 spiro atoms. The lowest BCUT2D eigenvalue weighted by atomic mass is 9.92. The van der Waals surface area contributed by atoms with Gasteiger partial charge in [-0.1, -0.05) is 26.8 Å². The Labute approximate surface area is 119 Å². The Kier molecular flexibility index (Phi) is 5.67. The number of halogens is 1. The summed E-state index contributed by atoms with van der Waals surface area (Å²) in [7, 11) is 1.69. The highest BCUT2D eigenvalue weighted by Gasteiger charge is 2.12. The van der Waals surface area contributed by atoms with Crippen LogP contribution in [0, 0.1) is 5.41 Å². The topological polar surface area (TPSA) is 21.3 Å². The second kappa shape index (κ2) is 6.58. The SMILES string of the molecule is COc1ccc(C(C)NCCC(C)(C)C)cc1Br. The Bertz CT molecular complexity index is 385. The first-order valence-corrected chi connectivity index (χ1v) is 7.19. The van der Waals surface area contributed by atoms with Crippen LogP contribution in [0.1, 0.15) is 45.7 Å². The van der Waals surface area contributed by atoms with Gasteiger partial charge in [0.1, 0.15) is 5.75 Å². The summed E-state index contributed by atoms with van der Waals surface area (Å²) in [4.78, 5) is 0. The normalized spacial score (nSPS) is 13.4. The van der Waals surface area contributed by atoms with Gasteiger partial charge in [0, 0.05) is 6.04 Å². The zero-order valence-corrected chi connectivity index (χ0v) is 13.6. The van der Waals surface area contributed by atoms with E-state index in [4.69, 9.17) is 4.74 Å². The number of rotatable bonds is 5. The fourth-order valence-electron chi connectivity index (χ4n) is 1.73. The molecule has 1 N–H and O–H groups in total. The van der Waals surface area contributed by atoms with Crippen LogP contribution in [0.15, 0.2) is 22.7 Å². The molecule has 1 aromatic carbocycles. The van der Waals surface area contributed by atoms with Crippen LogP contribution in [0.5, 0.6) is 5.75 Å². The molecule has 0 heterocycles. The first-order valence-electron chi connectivity index (χ1n) is 6.40. The molecule has 0 aliphatic rings. The van der Waals surface area contributed by atoms with Crippen molar-refractivity contribution in [1.29, 1.82) is 0 Å². The zero-order chi connectivity index (χ0) is 13.8. The number of hydrogen-bond donors (Lipinski definition) is 1. The van der Waals surface area contributed by atoms with Crippen LogP contribution < -0.4 is 10.1 Å². The minimum atomic E-state index is 0.356. The Morgan fingerprint density at radius 3 is 2.50 bits per heavy atom. The summed E-state index contributed by atoms with van der Waals surface area (Å²) < 4.78 is 6.24. The van der Waals surface area contributed by atoms with Crippen LogP contribution in [0.4, 0.5) is 0 Å². The molecule has 2 nitrogen and oxygen atoms in total. The van der Waals surface area contributed by atoms with E-state index in [1.54, 1.807) is 7.11 Å². The molecule has 18 heavy (non-hydrogen) atoms. The highest BCUT2D eigenvalue weighted by molar-refractivity contribution is 9.10. The van der Waals surface area contributed by atoms with E-state index in [-0.39, 0.29) is 0 Å². The molecule has 0 radical (unpaired) electrons. The maximum absolute atomic E-state index is 5.24. The minimum absolute atomic E-state index is 0.356. The van der Waals surface area contributed by atoms with Gasteiger partial charge in [-0.25, -0.2) is 0 Å². The number of ether oxygens (including phenoxy) is 1. The predicted molar refractivity (Wildman–Crippen MR) is 81.2 cm³/mol. The van der Waals surface area contributed by atoms with Gasteiger partial charge >= 0.3 is 0 Å². The maximum Gasteiger partial charge on any atom is 0.133 e. The maximum atomic E-state index is 5.24. The molecule has 0 amide bonds. The third-order valence-electron chi connectivity index (χ3n) is 3.00. The molecule has 0 fully saturated rings. The summed E-state index contributed by atoms with van der Waals surface area (Å²) in [5.41, 5.74) is 1.66. The van der Waals surface area contributed by atoms with Gasteiger partial charge in [0.05, 0.1) is 11.6 Å². The van der Waals surface area contributed by atoms with Gasteiger partial charge in [-0.2, -0.15) is 0 Å². The second-order valence-corrected chi connectivity index (χ2v) is 6.73. The van der Waals surface area contributed by atoms with Crippen molar-refractivity contribution in [2.45, 2.75) is 40.2 Å². The number of benzene rings is 1. The van der Waals surface area contributed by atoms with Crippen LogP contribution in [0.3, 0.4) is 0 Å². The van der Waals surface area contributed by atoms with Crippen LogP contribution in [0.2, 0.25) is 0 Å². The Balaban J connectivity index is 2.56. The molecule has 0 saturated carbocycles. The van der Waals surface area contributed by atoms with E-state index >= 15 is 0 Å². The highest BCUT2D eigenvalue weighted by Crippen LogP contribution is 2.28. The van der Waals surface area contributed by atoms with Gasteiger partial charge in [-0.05, 0) is 58.9 Å². The zero-order valence-electron chi connectivity index (χ0n) is 12.0. The molecule has 0 bridgehead atoms. The van der Waals surface area contributed by atoms with Crippen molar-refractivity contribution in [1.82, 2.24) is 5.32 Å². The quantitative estimate of drug-likeness (QED) is 0.861. The first-order chi connectivity index (χ1) is 8.33. The summed E-state index contributed by atoms with van der Waals surface area (Å²) in [5.74, 6) is 0.876. The highest BCUT2D eigenvalue weighted by atomic mass is 79.9. The van der Waals surface area contributed by atoms with Crippen LogP contribution in [-0.2, 0) is 0 Å². The summed E-state index contributed by atoms with van der Waals surface area (Å²) in [6, 6.07) is 6.59. The van der Waals surface area contributed by atoms with Crippen molar-refractivity contribution in [3.05, 3.63) is 28.2 Å². The van der Waals surface area contributed by atoms with Crippen LogP contribution in [0.25, 0.3) is 0 Å². The fourth-order valence-corrected chi connectivity index (χ4v) is 2.29. The van der Waals surface area contributed by atoms with E-state index in [9.17, 15) is 0 Å². The Morgan fingerprint density at radius 2 is 2.00 bits per heavy atom. The molecule has 102 valence electrons. The molecule has 1 unspecified atom stereocenters. The molecule has 0 aromatic heterocycles. The summed E-state index contributed by atoms with van der Waals surface area (Å²) in [5, 5.41) is 3.56. The van der Waals surface area contributed by atoms with Gasteiger partial charge in [0.2, 0.25) is 0 Å². The smallest absolute Gasteiger partial charge is 0.133 e. The van der Waals surface area contributed by atoms with Crippen molar-refractivity contribution in [3.63, 3.8) is 0 Å². The van der Waals surface area contributed by atoms with Gasteiger partial charge in [0.15, 0.2) is 0 Å². The Morgan fingerprint density at radius 1 is 1.33 bits per heavy atom. The van der Waals surface area contributed by atoms with E-state index in [0.717, 1.165) is 16.8 Å². The molecule has 3 heteroatoms. The molecular formula is C15H24BrNO.